The van der Waals surface area contributed by atoms with Crippen LogP contribution in [0.3, 0.4) is 0 Å². The molecule has 0 bridgehead atoms. The average molecular weight is 841 g/mol. The number of rotatable bonds is 10. The number of hydrogen-bond donors (Lipinski definition) is 2. The third-order valence-electron chi connectivity index (χ3n) is 13.0. The predicted molar refractivity (Wildman–Crippen MR) is 233 cm³/mol. The highest BCUT2D eigenvalue weighted by Crippen LogP contribution is 2.42. The minimum atomic E-state index is -1.25. The van der Waals surface area contributed by atoms with E-state index in [0.717, 1.165) is 69.1 Å². The van der Waals surface area contributed by atoms with E-state index in [1.54, 1.807) is 20.0 Å². The number of aliphatic carboxylic acids is 1. The number of fused-ring (bicyclic) bond motifs is 2. The van der Waals surface area contributed by atoms with Gasteiger partial charge in [-0.1, -0.05) is 57.2 Å². The maximum atomic E-state index is 14.2. The second-order valence-electron chi connectivity index (χ2n) is 18.2. The highest BCUT2D eigenvalue weighted by molar-refractivity contribution is 5.98. The summed E-state index contributed by atoms with van der Waals surface area (Å²) in [5, 5.41) is 13.1. The molecule has 324 valence electrons. The standard InChI is InChI=1S/C50H56N4O8/c1-28-29(2)51-21-20-40(28)33-10-8-32(9-11-33)22-41(49(57)58)53-47(55)42-23-35-24-43-44(25-36(35)26-54(42)48(56)46-30(3)60-31(4)52-46)62-45(27-59-43)34-12-16-38(17-13-34)61-39-18-14-37(15-19-39)50(5,6)7/h8-13,16-17,20-21,24-25,37,39,41-42,45H,14-15,18-19,22-23,26-27H2,1-7H3,(H,53,55)(H,57,58)/t37-,39+,41-,42-,45+/m0/s1. The zero-order chi connectivity index (χ0) is 43.9. The Balaban J connectivity index is 0.978. The molecule has 3 aromatic carbocycles. The average Bonchev–Trinajstić information content (AvgIpc) is 3.60. The lowest BCUT2D eigenvalue weighted by Gasteiger charge is -2.37. The number of aromatic nitrogens is 2. The molecule has 2 N–H and O–H groups in total. The number of amides is 2. The fourth-order valence-corrected chi connectivity index (χ4v) is 9.10. The van der Waals surface area contributed by atoms with Crippen molar-refractivity contribution < 1.29 is 38.1 Å². The Morgan fingerprint density at radius 3 is 2.29 bits per heavy atom. The lowest BCUT2D eigenvalue weighted by atomic mass is 9.72. The van der Waals surface area contributed by atoms with Crippen molar-refractivity contribution in [3.8, 4) is 28.4 Å². The van der Waals surface area contributed by atoms with Crippen LogP contribution in [0.4, 0.5) is 0 Å². The number of nitrogens with zero attached hydrogens (tertiary/aromatic N) is 3. The summed E-state index contributed by atoms with van der Waals surface area (Å²) in [5.74, 6) is 1.02. The van der Waals surface area contributed by atoms with Gasteiger partial charge in [0.2, 0.25) is 5.91 Å². The first-order valence-electron chi connectivity index (χ1n) is 21.6. The van der Waals surface area contributed by atoms with Crippen molar-refractivity contribution in [2.45, 2.75) is 118 Å². The smallest absolute Gasteiger partial charge is 0.326 e. The highest BCUT2D eigenvalue weighted by atomic mass is 16.6. The van der Waals surface area contributed by atoms with Crippen molar-refractivity contribution in [1.82, 2.24) is 20.2 Å². The SMILES string of the molecule is Cc1nc(C(=O)N2Cc3cc4c(cc3C[C@H]2C(=O)N[C@@H](Cc2ccc(-c3ccnc(C)c3C)cc2)C(=O)O)OC[C@H](c2ccc(O[C@H]3CC[C@@H](C(C)(C)C)CC3)cc2)O4)c(C)o1. The number of ether oxygens (including phenoxy) is 3. The second kappa shape index (κ2) is 17.3. The molecular weight excluding hydrogens is 785 g/mol. The van der Waals surface area contributed by atoms with E-state index in [1.165, 1.54) is 17.7 Å². The fourth-order valence-electron chi connectivity index (χ4n) is 9.10. The number of benzene rings is 3. The molecule has 1 fully saturated rings. The van der Waals surface area contributed by atoms with E-state index in [9.17, 15) is 19.5 Å². The van der Waals surface area contributed by atoms with E-state index in [-0.39, 0.29) is 43.9 Å². The number of hydrogen-bond acceptors (Lipinski definition) is 9. The lowest BCUT2D eigenvalue weighted by molar-refractivity contribution is -0.142. The molecule has 2 aromatic heterocycles. The van der Waals surface area contributed by atoms with Gasteiger partial charge in [-0.15, -0.1) is 0 Å². The monoisotopic (exact) mass is 840 g/mol. The molecule has 3 atom stereocenters. The molecule has 12 heteroatoms. The van der Waals surface area contributed by atoms with Crippen LogP contribution in [-0.2, 0) is 29.0 Å². The normalized spacial score (nSPS) is 20.2. The molecule has 2 aliphatic heterocycles. The van der Waals surface area contributed by atoms with E-state index < -0.39 is 29.9 Å². The lowest BCUT2D eigenvalue weighted by Crippen LogP contribution is -2.56. The summed E-state index contributed by atoms with van der Waals surface area (Å²) in [4.78, 5) is 51.3. The van der Waals surface area contributed by atoms with Gasteiger partial charge in [-0.05, 0) is 127 Å². The van der Waals surface area contributed by atoms with Gasteiger partial charge < -0.3 is 34.0 Å². The van der Waals surface area contributed by atoms with Crippen LogP contribution in [0.1, 0.15) is 108 Å². The first-order chi connectivity index (χ1) is 29.6. The maximum absolute atomic E-state index is 14.2. The van der Waals surface area contributed by atoms with Crippen molar-refractivity contribution in [3.63, 3.8) is 0 Å². The second-order valence-corrected chi connectivity index (χ2v) is 18.2. The van der Waals surface area contributed by atoms with Gasteiger partial charge in [0.1, 0.15) is 30.2 Å². The summed E-state index contributed by atoms with van der Waals surface area (Å²) < 4.78 is 24.8. The molecule has 0 unspecified atom stereocenters. The molecule has 5 aromatic rings. The Labute approximate surface area is 363 Å². The van der Waals surface area contributed by atoms with Crippen molar-refractivity contribution in [2.75, 3.05) is 6.61 Å². The third-order valence-corrected chi connectivity index (χ3v) is 13.0. The van der Waals surface area contributed by atoms with Crippen LogP contribution < -0.4 is 19.5 Å². The Morgan fingerprint density at radius 1 is 0.919 bits per heavy atom. The van der Waals surface area contributed by atoms with Crippen LogP contribution in [0.5, 0.6) is 17.2 Å². The van der Waals surface area contributed by atoms with E-state index in [4.69, 9.17) is 18.6 Å². The first kappa shape index (κ1) is 42.5. The molecule has 2 amide bonds. The molecule has 1 saturated carbocycles. The molecule has 1 aliphatic carbocycles. The zero-order valence-electron chi connectivity index (χ0n) is 36.6. The molecule has 0 radical (unpaired) electrons. The number of oxazole rings is 1. The molecule has 12 nitrogen and oxygen atoms in total. The minimum absolute atomic E-state index is 0.0444. The molecule has 4 heterocycles. The summed E-state index contributed by atoms with van der Waals surface area (Å²) >= 11 is 0. The van der Waals surface area contributed by atoms with Crippen LogP contribution in [0.2, 0.25) is 0 Å². The summed E-state index contributed by atoms with van der Waals surface area (Å²) in [6, 6.07) is 19.0. The van der Waals surface area contributed by atoms with Crippen LogP contribution in [0.25, 0.3) is 11.1 Å². The topological polar surface area (TPSA) is 153 Å². The van der Waals surface area contributed by atoms with E-state index in [1.807, 2.05) is 80.6 Å². The van der Waals surface area contributed by atoms with Gasteiger partial charge in [-0.2, -0.15) is 0 Å². The van der Waals surface area contributed by atoms with Gasteiger partial charge in [0.15, 0.2) is 29.2 Å². The quantitative estimate of drug-likeness (QED) is 0.140. The summed E-state index contributed by atoms with van der Waals surface area (Å²) in [7, 11) is 0. The van der Waals surface area contributed by atoms with Crippen LogP contribution in [0, 0.1) is 39.0 Å². The van der Waals surface area contributed by atoms with Crippen LogP contribution >= 0.6 is 0 Å². The van der Waals surface area contributed by atoms with Crippen molar-refractivity contribution >= 4 is 17.8 Å². The Bertz CT molecular complexity index is 2460. The zero-order valence-corrected chi connectivity index (χ0v) is 36.6. The number of carbonyl (C=O) groups excluding carboxylic acids is 2. The Hall–Kier alpha value is -6.17. The fraction of sp³-hybridized carbons (Fsp3) is 0.420. The van der Waals surface area contributed by atoms with Crippen molar-refractivity contribution in [3.05, 3.63) is 124 Å². The number of pyridine rings is 1. The van der Waals surface area contributed by atoms with Crippen molar-refractivity contribution in [1.29, 1.82) is 0 Å². The molecule has 0 saturated heterocycles. The maximum Gasteiger partial charge on any atom is 0.326 e. The number of nitrogens with one attached hydrogen (secondary N) is 1. The number of carboxylic acid groups (broad SMARTS) is 1. The van der Waals surface area contributed by atoms with Gasteiger partial charge in [0.25, 0.3) is 5.91 Å². The Morgan fingerprint density at radius 2 is 1.63 bits per heavy atom. The summed E-state index contributed by atoms with van der Waals surface area (Å²) in [6.45, 7) is 14.6. The molecular formula is C50H56N4O8. The van der Waals surface area contributed by atoms with Gasteiger partial charge in [-0.25, -0.2) is 9.78 Å². The number of carboxylic acids is 1. The summed E-state index contributed by atoms with van der Waals surface area (Å²) in [6.07, 6.45) is 6.25. The molecule has 62 heavy (non-hydrogen) atoms. The molecule has 8 rings (SSSR count). The largest absolute Gasteiger partial charge is 0.490 e. The number of aryl methyl sites for hydroxylation is 3. The van der Waals surface area contributed by atoms with E-state index in [0.29, 0.717) is 28.6 Å². The van der Waals surface area contributed by atoms with Gasteiger partial charge in [-0.3, -0.25) is 14.6 Å². The van der Waals surface area contributed by atoms with Gasteiger partial charge in [0.05, 0.1) is 6.10 Å². The highest BCUT2D eigenvalue weighted by Gasteiger charge is 2.40. The molecule has 0 spiro atoms. The van der Waals surface area contributed by atoms with Crippen LogP contribution in [-0.4, -0.2) is 62.6 Å². The number of carbonyl (C=O) groups is 3. The third kappa shape index (κ3) is 9.05. The van der Waals surface area contributed by atoms with Crippen molar-refractivity contribution in [2.24, 2.45) is 11.3 Å². The van der Waals surface area contributed by atoms with E-state index in [2.05, 4.69) is 36.1 Å². The van der Waals surface area contributed by atoms with Gasteiger partial charge in [0, 0.05) is 38.2 Å². The first-order valence-corrected chi connectivity index (χ1v) is 21.6. The minimum Gasteiger partial charge on any atom is -0.490 e. The van der Waals surface area contributed by atoms with Gasteiger partial charge >= 0.3 is 5.97 Å². The predicted octanol–water partition coefficient (Wildman–Crippen LogP) is 8.85. The molecule has 3 aliphatic rings. The Kier molecular flexibility index (Phi) is 11.9. The van der Waals surface area contributed by atoms with Crippen LogP contribution in [0.15, 0.2) is 77.3 Å². The summed E-state index contributed by atoms with van der Waals surface area (Å²) in [5.41, 5.74) is 7.72. The van der Waals surface area contributed by atoms with E-state index >= 15 is 0 Å².